The number of nitrogens with one attached hydrogen (secondary N) is 1. The maximum absolute atomic E-state index is 12.8. The number of furan rings is 2. The summed E-state index contributed by atoms with van der Waals surface area (Å²) in [5.74, 6) is 2.16. The van der Waals surface area contributed by atoms with Crippen LogP contribution in [0.15, 0.2) is 39.4 Å². The number of morpholine rings is 1. The van der Waals surface area contributed by atoms with Crippen LogP contribution in [0.5, 0.6) is 0 Å². The van der Waals surface area contributed by atoms with Crippen molar-refractivity contribution >= 4 is 16.9 Å². The van der Waals surface area contributed by atoms with Gasteiger partial charge in [-0.1, -0.05) is 13.8 Å². The smallest absolute Gasteiger partial charge is 0.224 e. The van der Waals surface area contributed by atoms with E-state index in [1.54, 1.807) is 6.26 Å². The number of hydrogen-bond acceptors (Lipinski definition) is 5. The van der Waals surface area contributed by atoms with Crippen molar-refractivity contribution in [2.75, 3.05) is 32.8 Å². The largest absolute Gasteiger partial charge is 0.465 e. The summed E-state index contributed by atoms with van der Waals surface area (Å²) in [6.45, 7) is 11.9. The van der Waals surface area contributed by atoms with Gasteiger partial charge in [0.05, 0.1) is 31.9 Å². The molecular formula is C25H32N2O4. The fourth-order valence-corrected chi connectivity index (χ4v) is 4.38. The van der Waals surface area contributed by atoms with E-state index in [0.29, 0.717) is 32.1 Å². The highest BCUT2D eigenvalue weighted by molar-refractivity contribution is 5.88. The van der Waals surface area contributed by atoms with Crippen molar-refractivity contribution in [3.63, 3.8) is 0 Å². The zero-order chi connectivity index (χ0) is 22.0. The van der Waals surface area contributed by atoms with Gasteiger partial charge >= 0.3 is 0 Å². The molecule has 0 aliphatic carbocycles. The van der Waals surface area contributed by atoms with Gasteiger partial charge in [-0.3, -0.25) is 9.69 Å². The van der Waals surface area contributed by atoms with Crippen LogP contribution in [0.1, 0.15) is 54.0 Å². The van der Waals surface area contributed by atoms with Crippen LogP contribution in [-0.2, 0) is 16.0 Å². The van der Waals surface area contributed by atoms with Crippen molar-refractivity contribution in [1.82, 2.24) is 10.2 Å². The lowest BCUT2D eigenvalue weighted by molar-refractivity contribution is -0.120. The van der Waals surface area contributed by atoms with Gasteiger partial charge in [0.1, 0.15) is 17.1 Å². The minimum Gasteiger partial charge on any atom is -0.465 e. The fourth-order valence-electron chi connectivity index (χ4n) is 4.38. The number of amides is 1. The molecule has 6 heteroatoms. The number of nitrogens with zero attached hydrogens (tertiary/aromatic N) is 1. The second-order valence-electron chi connectivity index (χ2n) is 8.71. The minimum atomic E-state index is -0.0177. The fraction of sp³-hybridized carbons (Fsp3) is 0.480. The maximum Gasteiger partial charge on any atom is 0.224 e. The Kier molecular flexibility index (Phi) is 6.49. The molecular weight excluding hydrogens is 392 g/mol. The average molecular weight is 425 g/mol. The molecule has 3 aromatic rings. The first kappa shape index (κ1) is 21.7. The number of ether oxygens (including phenoxy) is 1. The molecule has 1 aliphatic heterocycles. The molecule has 1 aromatic carbocycles. The van der Waals surface area contributed by atoms with Gasteiger partial charge in [0.15, 0.2) is 0 Å². The Balaban J connectivity index is 1.46. The van der Waals surface area contributed by atoms with Gasteiger partial charge < -0.3 is 18.9 Å². The first-order valence-corrected chi connectivity index (χ1v) is 11.1. The summed E-state index contributed by atoms with van der Waals surface area (Å²) in [5.41, 5.74) is 4.26. The van der Waals surface area contributed by atoms with E-state index in [1.807, 2.05) is 19.1 Å². The molecule has 0 unspecified atom stereocenters. The molecule has 1 fully saturated rings. The first-order chi connectivity index (χ1) is 14.9. The maximum atomic E-state index is 12.8. The first-order valence-electron chi connectivity index (χ1n) is 11.1. The van der Waals surface area contributed by atoms with E-state index in [9.17, 15) is 4.79 Å². The molecule has 166 valence electrons. The van der Waals surface area contributed by atoms with Crippen LogP contribution < -0.4 is 5.32 Å². The topological polar surface area (TPSA) is 67.9 Å². The molecule has 1 aliphatic rings. The summed E-state index contributed by atoms with van der Waals surface area (Å²) in [7, 11) is 0. The molecule has 6 nitrogen and oxygen atoms in total. The predicted molar refractivity (Wildman–Crippen MR) is 120 cm³/mol. The zero-order valence-corrected chi connectivity index (χ0v) is 18.9. The van der Waals surface area contributed by atoms with Crippen molar-refractivity contribution < 1.29 is 18.4 Å². The van der Waals surface area contributed by atoms with Gasteiger partial charge in [-0.2, -0.15) is 0 Å². The van der Waals surface area contributed by atoms with E-state index < -0.39 is 0 Å². The molecule has 4 rings (SSSR count). The Bertz CT molecular complexity index is 1040. The third-order valence-corrected chi connectivity index (χ3v) is 6.08. The number of aryl methyl sites for hydroxylation is 2. The molecule has 31 heavy (non-hydrogen) atoms. The van der Waals surface area contributed by atoms with Gasteiger partial charge in [-0.05, 0) is 55.2 Å². The number of carbonyl (C=O) groups excluding carboxylic acids is 1. The number of rotatable bonds is 7. The number of carbonyl (C=O) groups is 1. The highest BCUT2D eigenvalue weighted by Gasteiger charge is 2.26. The zero-order valence-electron chi connectivity index (χ0n) is 18.9. The van der Waals surface area contributed by atoms with Crippen LogP contribution in [0.3, 0.4) is 0 Å². The molecule has 1 atom stereocenters. The van der Waals surface area contributed by atoms with E-state index in [0.717, 1.165) is 41.1 Å². The van der Waals surface area contributed by atoms with Gasteiger partial charge in [0.2, 0.25) is 5.91 Å². The second kappa shape index (κ2) is 9.28. The van der Waals surface area contributed by atoms with Crippen molar-refractivity contribution in [2.45, 2.75) is 46.1 Å². The van der Waals surface area contributed by atoms with E-state index in [4.69, 9.17) is 13.6 Å². The summed E-state index contributed by atoms with van der Waals surface area (Å²) in [6, 6.07) is 8.21. The highest BCUT2D eigenvalue weighted by atomic mass is 16.5. The Morgan fingerprint density at radius 3 is 2.61 bits per heavy atom. The Labute approximate surface area is 183 Å². The Morgan fingerprint density at radius 1 is 1.16 bits per heavy atom. The Morgan fingerprint density at radius 2 is 1.94 bits per heavy atom. The van der Waals surface area contributed by atoms with Gasteiger partial charge in [0, 0.05) is 30.6 Å². The molecule has 0 bridgehead atoms. The van der Waals surface area contributed by atoms with Gasteiger partial charge in [0.25, 0.3) is 0 Å². The van der Waals surface area contributed by atoms with Crippen LogP contribution in [0.4, 0.5) is 0 Å². The summed E-state index contributed by atoms with van der Waals surface area (Å²) in [6.07, 6.45) is 2.00. The summed E-state index contributed by atoms with van der Waals surface area (Å²) < 4.78 is 17.1. The predicted octanol–water partition coefficient (Wildman–Crippen LogP) is 4.50. The van der Waals surface area contributed by atoms with Crippen molar-refractivity contribution in [1.29, 1.82) is 0 Å². The summed E-state index contributed by atoms with van der Waals surface area (Å²) >= 11 is 0. The van der Waals surface area contributed by atoms with Crippen LogP contribution in [-0.4, -0.2) is 43.7 Å². The lowest BCUT2D eigenvalue weighted by atomic mass is 9.95. The summed E-state index contributed by atoms with van der Waals surface area (Å²) in [4.78, 5) is 15.1. The molecule has 0 spiro atoms. The van der Waals surface area contributed by atoms with E-state index in [2.05, 4.69) is 43.1 Å². The van der Waals surface area contributed by atoms with Crippen molar-refractivity contribution in [3.05, 3.63) is 58.7 Å². The molecule has 0 saturated carbocycles. The molecule has 0 radical (unpaired) electrons. The van der Waals surface area contributed by atoms with E-state index in [1.165, 1.54) is 11.1 Å². The third-order valence-electron chi connectivity index (χ3n) is 6.08. The van der Waals surface area contributed by atoms with Crippen LogP contribution in [0, 0.1) is 13.8 Å². The molecule has 1 saturated heterocycles. The standard InChI is InChI=1S/C25H32N2O4/c1-16(2)20-13-21-19(15-30-24(21)11-17(20)3)12-25(28)26-14-22(23-6-5-18(4)31-23)27-7-9-29-10-8-27/h5-6,11,13,15-16,22H,7-10,12,14H2,1-4H3,(H,26,28)/t22-/m1/s1. The number of fused-ring (bicyclic) bond motifs is 1. The molecule has 2 aromatic heterocycles. The lowest BCUT2D eigenvalue weighted by Crippen LogP contribution is -2.43. The van der Waals surface area contributed by atoms with E-state index >= 15 is 0 Å². The summed E-state index contributed by atoms with van der Waals surface area (Å²) in [5, 5.41) is 4.14. The normalized spacial score (nSPS) is 16.2. The third kappa shape index (κ3) is 4.86. The van der Waals surface area contributed by atoms with Gasteiger partial charge in [-0.25, -0.2) is 0 Å². The Hall–Kier alpha value is -2.57. The molecule has 3 heterocycles. The molecule has 1 amide bonds. The average Bonchev–Trinajstić information content (AvgIpc) is 3.34. The minimum absolute atomic E-state index is 0.00200. The number of benzene rings is 1. The van der Waals surface area contributed by atoms with Gasteiger partial charge in [-0.15, -0.1) is 0 Å². The highest BCUT2D eigenvalue weighted by Crippen LogP contribution is 2.29. The van der Waals surface area contributed by atoms with Crippen molar-refractivity contribution in [2.24, 2.45) is 0 Å². The van der Waals surface area contributed by atoms with E-state index in [-0.39, 0.29) is 11.9 Å². The van der Waals surface area contributed by atoms with Crippen LogP contribution in [0.25, 0.3) is 11.0 Å². The second-order valence-corrected chi connectivity index (χ2v) is 8.71. The number of hydrogen-bond donors (Lipinski definition) is 1. The lowest BCUT2D eigenvalue weighted by Gasteiger charge is -2.33. The SMILES string of the molecule is Cc1ccc([C@@H](CNC(=O)Cc2coc3cc(C)c(C(C)C)cc23)N2CCOCC2)o1. The molecule has 1 N–H and O–H groups in total. The monoisotopic (exact) mass is 424 g/mol. The van der Waals surface area contributed by atoms with Crippen molar-refractivity contribution in [3.8, 4) is 0 Å². The van der Waals surface area contributed by atoms with Crippen LogP contribution in [0.2, 0.25) is 0 Å². The van der Waals surface area contributed by atoms with Crippen LogP contribution >= 0.6 is 0 Å². The quantitative estimate of drug-likeness (QED) is 0.605.